The number of ether oxygens (including phenoxy) is 1. The maximum Gasteiger partial charge on any atom is 0.405 e. The zero-order chi connectivity index (χ0) is 25.8. The normalized spacial score (nSPS) is 12.9. The Hall–Kier alpha value is -3.83. The number of aryl methyl sites for hydroxylation is 2. The lowest BCUT2D eigenvalue weighted by Gasteiger charge is -2.29. The van der Waals surface area contributed by atoms with E-state index in [2.05, 4.69) is 20.6 Å². The Morgan fingerprint density at radius 3 is 2.51 bits per heavy atom. The van der Waals surface area contributed by atoms with Gasteiger partial charge >= 0.3 is 6.09 Å². The molecule has 0 saturated carbocycles. The van der Waals surface area contributed by atoms with Crippen molar-refractivity contribution in [1.82, 2.24) is 25.0 Å². The summed E-state index contributed by atoms with van der Waals surface area (Å²) in [5.41, 5.74) is -0.262. The maximum atomic E-state index is 14.0. The van der Waals surface area contributed by atoms with E-state index in [1.807, 2.05) is 0 Å². The molecule has 0 fully saturated rings. The lowest BCUT2D eigenvalue weighted by molar-refractivity contribution is 0.0929. The van der Waals surface area contributed by atoms with Crippen molar-refractivity contribution < 1.29 is 32.6 Å². The van der Waals surface area contributed by atoms with E-state index in [0.29, 0.717) is 11.4 Å². The zero-order valence-electron chi connectivity index (χ0n) is 19.5. The van der Waals surface area contributed by atoms with Crippen LogP contribution in [0.25, 0.3) is 5.65 Å². The van der Waals surface area contributed by atoms with Crippen LogP contribution in [0, 0.1) is 25.5 Å². The molecule has 2 heterocycles. The summed E-state index contributed by atoms with van der Waals surface area (Å²) in [5.74, 6) is -2.10. The fourth-order valence-electron chi connectivity index (χ4n) is 3.70. The molecule has 0 spiro atoms. The van der Waals surface area contributed by atoms with Gasteiger partial charge in [-0.05, 0) is 45.7 Å². The van der Waals surface area contributed by atoms with E-state index in [1.165, 1.54) is 10.5 Å². The summed E-state index contributed by atoms with van der Waals surface area (Å²) < 4.78 is 47.7. The first-order valence-electron chi connectivity index (χ1n) is 10.8. The molecule has 35 heavy (non-hydrogen) atoms. The molecule has 9 nitrogen and oxygen atoms in total. The van der Waals surface area contributed by atoms with Gasteiger partial charge in [-0.3, -0.25) is 13.6 Å². The van der Waals surface area contributed by atoms with Gasteiger partial charge in [-0.15, -0.1) is 0 Å². The summed E-state index contributed by atoms with van der Waals surface area (Å²) in [6, 6.07) is 3.47. The number of hydrogen-bond donors (Lipinski definition) is 3. The Labute approximate surface area is 199 Å². The predicted molar refractivity (Wildman–Crippen MR) is 120 cm³/mol. The molecule has 188 valence electrons. The molecule has 0 bridgehead atoms. The third-order valence-electron chi connectivity index (χ3n) is 5.41. The standard InChI is InChI=1S/C23H26F3N5O4/c1-13-10-31-18(20(32)27-12-23(3,8-5-9-24)30-22(33)34)14(2)29-19(31)21(28-13)35-11-15-16(25)6-4-7-17(15)26/h4,6-7,10,30H,5,8-9,11-12H2,1-3H3,(H,27,32)(H,33,34). The van der Waals surface area contributed by atoms with Crippen LogP contribution in [0.4, 0.5) is 18.0 Å². The third-order valence-corrected chi connectivity index (χ3v) is 5.41. The number of rotatable bonds is 10. The van der Waals surface area contributed by atoms with Crippen LogP contribution in [-0.4, -0.2) is 50.2 Å². The number of alkyl halides is 1. The number of imidazole rings is 1. The minimum Gasteiger partial charge on any atom is -0.470 e. The molecule has 1 aromatic carbocycles. The van der Waals surface area contributed by atoms with E-state index in [1.54, 1.807) is 27.0 Å². The predicted octanol–water partition coefficient (Wildman–Crippen LogP) is 3.71. The minimum atomic E-state index is -1.29. The van der Waals surface area contributed by atoms with Gasteiger partial charge in [0.25, 0.3) is 11.8 Å². The molecule has 2 amide bonds. The van der Waals surface area contributed by atoms with Crippen LogP contribution in [0.2, 0.25) is 0 Å². The highest BCUT2D eigenvalue weighted by Gasteiger charge is 2.28. The number of aromatic nitrogens is 3. The maximum absolute atomic E-state index is 14.0. The summed E-state index contributed by atoms with van der Waals surface area (Å²) in [6.45, 7) is 3.66. The Morgan fingerprint density at radius 1 is 1.20 bits per heavy atom. The van der Waals surface area contributed by atoms with E-state index in [4.69, 9.17) is 9.84 Å². The number of fused-ring (bicyclic) bond motifs is 1. The van der Waals surface area contributed by atoms with Crippen LogP contribution in [0.1, 0.15) is 47.2 Å². The number of halogens is 3. The van der Waals surface area contributed by atoms with Crippen molar-refractivity contribution in [2.24, 2.45) is 0 Å². The van der Waals surface area contributed by atoms with Crippen LogP contribution in [0.15, 0.2) is 24.4 Å². The monoisotopic (exact) mass is 493 g/mol. The molecule has 0 radical (unpaired) electrons. The molecule has 12 heteroatoms. The molecule has 0 aliphatic heterocycles. The summed E-state index contributed by atoms with van der Waals surface area (Å²) >= 11 is 0. The molecule has 2 aromatic heterocycles. The van der Waals surface area contributed by atoms with Crippen molar-refractivity contribution in [2.45, 2.75) is 45.8 Å². The summed E-state index contributed by atoms with van der Waals surface area (Å²) in [5, 5.41) is 14.1. The van der Waals surface area contributed by atoms with Crippen molar-refractivity contribution in [1.29, 1.82) is 0 Å². The quantitative estimate of drug-likeness (QED) is 0.396. The average molecular weight is 493 g/mol. The van der Waals surface area contributed by atoms with Gasteiger partial charge in [0.05, 0.1) is 29.2 Å². The van der Waals surface area contributed by atoms with Gasteiger partial charge in [0.15, 0.2) is 0 Å². The van der Waals surface area contributed by atoms with Crippen LogP contribution in [0.3, 0.4) is 0 Å². The van der Waals surface area contributed by atoms with E-state index in [9.17, 15) is 22.8 Å². The van der Waals surface area contributed by atoms with Gasteiger partial charge in [0, 0.05) is 12.7 Å². The van der Waals surface area contributed by atoms with E-state index in [-0.39, 0.29) is 42.2 Å². The highest BCUT2D eigenvalue weighted by Crippen LogP contribution is 2.23. The Kier molecular flexibility index (Phi) is 7.82. The number of carbonyl (C=O) groups is 2. The Bertz CT molecular complexity index is 1230. The van der Waals surface area contributed by atoms with Gasteiger partial charge in [-0.1, -0.05) is 6.07 Å². The first-order valence-corrected chi connectivity index (χ1v) is 10.8. The molecular weight excluding hydrogens is 467 g/mol. The van der Waals surface area contributed by atoms with Gasteiger partial charge in [0.1, 0.15) is 23.9 Å². The number of carboxylic acid groups (broad SMARTS) is 1. The lowest BCUT2D eigenvalue weighted by Crippen LogP contribution is -2.53. The second-order valence-electron chi connectivity index (χ2n) is 8.38. The molecule has 0 saturated heterocycles. The molecule has 3 rings (SSSR count). The van der Waals surface area contributed by atoms with Crippen LogP contribution in [-0.2, 0) is 6.61 Å². The highest BCUT2D eigenvalue weighted by atomic mass is 19.1. The molecular formula is C23H26F3N5O4. The zero-order valence-corrected chi connectivity index (χ0v) is 19.5. The number of nitrogens with zero attached hydrogens (tertiary/aromatic N) is 3. The molecule has 3 N–H and O–H groups in total. The molecule has 0 aliphatic rings. The SMILES string of the molecule is Cc1cn2c(C(=O)NCC(C)(CCCF)NC(=O)O)c(C)nc2c(OCc2c(F)cccc2F)n1. The second-order valence-corrected chi connectivity index (χ2v) is 8.38. The number of hydrogen-bond acceptors (Lipinski definition) is 5. The number of carbonyl (C=O) groups excluding carboxylic acids is 1. The van der Waals surface area contributed by atoms with Crippen molar-refractivity contribution in [3.05, 3.63) is 58.7 Å². The molecule has 3 aromatic rings. The summed E-state index contributed by atoms with van der Waals surface area (Å²) in [7, 11) is 0. The summed E-state index contributed by atoms with van der Waals surface area (Å²) in [4.78, 5) is 32.8. The molecule has 1 unspecified atom stereocenters. The molecule has 0 aliphatic carbocycles. The van der Waals surface area contributed by atoms with E-state index >= 15 is 0 Å². The summed E-state index contributed by atoms with van der Waals surface area (Å²) in [6.07, 6.45) is 0.561. The Morgan fingerprint density at radius 2 is 1.89 bits per heavy atom. The van der Waals surface area contributed by atoms with Gasteiger partial charge in [0.2, 0.25) is 5.65 Å². The average Bonchev–Trinajstić information content (AvgIpc) is 3.11. The van der Waals surface area contributed by atoms with Crippen molar-refractivity contribution in [2.75, 3.05) is 13.2 Å². The van der Waals surface area contributed by atoms with Gasteiger partial charge < -0.3 is 20.5 Å². The number of benzene rings is 1. The van der Waals surface area contributed by atoms with Crippen LogP contribution < -0.4 is 15.4 Å². The minimum absolute atomic E-state index is 0.0184. The first kappa shape index (κ1) is 25.8. The fourth-order valence-corrected chi connectivity index (χ4v) is 3.70. The van der Waals surface area contributed by atoms with Crippen LogP contribution >= 0.6 is 0 Å². The van der Waals surface area contributed by atoms with Gasteiger partial charge in [-0.2, -0.15) is 0 Å². The smallest absolute Gasteiger partial charge is 0.405 e. The van der Waals surface area contributed by atoms with Gasteiger partial charge in [-0.25, -0.2) is 23.5 Å². The second kappa shape index (κ2) is 10.6. The Balaban J connectivity index is 1.87. The molecule has 1 atom stereocenters. The fraction of sp³-hybridized carbons (Fsp3) is 0.391. The largest absolute Gasteiger partial charge is 0.470 e. The van der Waals surface area contributed by atoms with E-state index in [0.717, 1.165) is 12.1 Å². The van der Waals surface area contributed by atoms with Crippen molar-refractivity contribution in [3.63, 3.8) is 0 Å². The lowest BCUT2D eigenvalue weighted by atomic mass is 9.96. The topological polar surface area (TPSA) is 118 Å². The number of amides is 2. The third kappa shape index (κ3) is 6.00. The van der Waals surface area contributed by atoms with Crippen LogP contribution in [0.5, 0.6) is 5.88 Å². The van der Waals surface area contributed by atoms with Crippen molar-refractivity contribution >= 4 is 17.6 Å². The van der Waals surface area contributed by atoms with Crippen molar-refractivity contribution in [3.8, 4) is 5.88 Å². The van der Waals surface area contributed by atoms with E-state index < -0.39 is 42.5 Å². The number of nitrogens with one attached hydrogen (secondary N) is 2. The highest BCUT2D eigenvalue weighted by molar-refractivity contribution is 5.95. The first-order chi connectivity index (χ1) is 16.5.